The number of carbonyl (C=O) groups is 1. The fourth-order valence-electron chi connectivity index (χ4n) is 2.47. The van der Waals surface area contributed by atoms with Crippen LogP contribution in [0.1, 0.15) is 21.7 Å². The number of benzene rings is 1. The molecule has 104 valence electrons. The molecule has 6 nitrogen and oxygen atoms in total. The quantitative estimate of drug-likeness (QED) is 0.900. The molecule has 1 aromatic heterocycles. The summed E-state index contributed by atoms with van der Waals surface area (Å²) in [4.78, 5) is 11.1. The van der Waals surface area contributed by atoms with Crippen LogP contribution in [-0.4, -0.2) is 39.1 Å². The molecule has 0 bridgehead atoms. The smallest absolute Gasteiger partial charge is 0.335 e. The van der Waals surface area contributed by atoms with Crippen molar-refractivity contribution < 1.29 is 14.6 Å². The van der Waals surface area contributed by atoms with Gasteiger partial charge in [0, 0.05) is 18.9 Å². The van der Waals surface area contributed by atoms with Crippen LogP contribution in [0.2, 0.25) is 0 Å². The van der Waals surface area contributed by atoms with Crippen molar-refractivity contribution in [1.29, 1.82) is 0 Å². The number of rotatable bonds is 4. The average Bonchev–Trinajstić information content (AvgIpc) is 2.79. The number of ether oxygens (including phenoxy) is 1. The Bertz CT molecular complexity index is 647. The molecule has 0 spiro atoms. The third-order valence-corrected chi connectivity index (χ3v) is 3.78. The molecule has 6 heteroatoms. The number of hydrogen-bond acceptors (Lipinski definition) is 4. The lowest BCUT2D eigenvalue weighted by atomic mass is 9.75. The van der Waals surface area contributed by atoms with Crippen molar-refractivity contribution >= 4 is 5.97 Å². The summed E-state index contributed by atoms with van der Waals surface area (Å²) in [5, 5.41) is 17.1. The standard InChI is InChI=1S/C14H15N3O3/c1-17-9-15-16-12(17)6-14(7-20-8-14)11-4-2-3-10(5-11)13(18)19/h2-5,9H,6-8H2,1H3,(H,18,19). The third kappa shape index (κ3) is 2.08. The predicted molar refractivity (Wildman–Crippen MR) is 70.6 cm³/mol. The molecule has 1 aliphatic heterocycles. The van der Waals surface area contributed by atoms with Gasteiger partial charge in [0.15, 0.2) is 0 Å². The lowest BCUT2D eigenvalue weighted by molar-refractivity contribution is -0.0611. The molecule has 0 unspecified atom stereocenters. The van der Waals surface area contributed by atoms with E-state index in [1.165, 1.54) is 0 Å². The molecule has 20 heavy (non-hydrogen) atoms. The van der Waals surface area contributed by atoms with Crippen LogP contribution in [-0.2, 0) is 23.6 Å². The molecule has 0 atom stereocenters. The van der Waals surface area contributed by atoms with E-state index in [9.17, 15) is 4.79 Å². The van der Waals surface area contributed by atoms with E-state index in [2.05, 4.69) is 10.2 Å². The first-order valence-electron chi connectivity index (χ1n) is 6.35. The fourth-order valence-corrected chi connectivity index (χ4v) is 2.47. The van der Waals surface area contributed by atoms with Crippen molar-refractivity contribution in [2.75, 3.05) is 13.2 Å². The summed E-state index contributed by atoms with van der Waals surface area (Å²) in [6.07, 6.45) is 2.35. The zero-order chi connectivity index (χ0) is 14.2. The number of carboxylic acid groups (broad SMARTS) is 1. The molecule has 1 fully saturated rings. The highest BCUT2D eigenvalue weighted by atomic mass is 16.5. The van der Waals surface area contributed by atoms with E-state index in [-0.39, 0.29) is 5.41 Å². The summed E-state index contributed by atoms with van der Waals surface area (Å²) in [6, 6.07) is 7.05. The van der Waals surface area contributed by atoms with Crippen LogP contribution < -0.4 is 0 Å². The molecule has 0 saturated carbocycles. The van der Waals surface area contributed by atoms with Crippen molar-refractivity contribution in [1.82, 2.24) is 14.8 Å². The Balaban J connectivity index is 1.95. The summed E-state index contributed by atoms with van der Waals surface area (Å²) in [7, 11) is 1.90. The molecule has 2 aromatic rings. The SMILES string of the molecule is Cn1cnnc1CC1(c2cccc(C(=O)O)c2)COC1. The lowest BCUT2D eigenvalue weighted by Gasteiger charge is -2.41. The minimum Gasteiger partial charge on any atom is -0.478 e. The van der Waals surface area contributed by atoms with E-state index in [1.807, 2.05) is 17.7 Å². The third-order valence-electron chi connectivity index (χ3n) is 3.78. The molecular formula is C14H15N3O3. The Hall–Kier alpha value is -2.21. The van der Waals surface area contributed by atoms with E-state index in [0.29, 0.717) is 25.2 Å². The van der Waals surface area contributed by atoms with Gasteiger partial charge in [-0.25, -0.2) is 4.79 Å². The first-order valence-corrected chi connectivity index (χ1v) is 6.35. The Labute approximate surface area is 116 Å². The van der Waals surface area contributed by atoms with E-state index in [1.54, 1.807) is 24.5 Å². The molecule has 1 saturated heterocycles. The van der Waals surface area contributed by atoms with Crippen molar-refractivity contribution in [2.24, 2.45) is 7.05 Å². The number of carboxylic acids is 1. The number of nitrogens with zero attached hydrogens (tertiary/aromatic N) is 3. The zero-order valence-corrected chi connectivity index (χ0v) is 11.1. The zero-order valence-electron chi connectivity index (χ0n) is 11.1. The van der Waals surface area contributed by atoms with Crippen LogP contribution in [0.25, 0.3) is 0 Å². The maximum absolute atomic E-state index is 11.1. The van der Waals surface area contributed by atoms with Crippen molar-refractivity contribution in [2.45, 2.75) is 11.8 Å². The van der Waals surface area contributed by atoms with Crippen LogP contribution in [0.15, 0.2) is 30.6 Å². The van der Waals surface area contributed by atoms with Crippen molar-refractivity contribution in [3.05, 3.63) is 47.5 Å². The number of aromatic carboxylic acids is 1. The summed E-state index contributed by atoms with van der Waals surface area (Å²) in [5.74, 6) is -0.0464. The summed E-state index contributed by atoms with van der Waals surface area (Å²) in [5.41, 5.74) is 1.07. The van der Waals surface area contributed by atoms with Crippen LogP contribution in [0, 0.1) is 0 Å². The van der Waals surface area contributed by atoms with E-state index in [0.717, 1.165) is 11.4 Å². The highest BCUT2D eigenvalue weighted by Gasteiger charge is 2.41. The molecule has 3 rings (SSSR count). The van der Waals surface area contributed by atoms with Gasteiger partial charge < -0.3 is 14.4 Å². The second-order valence-corrected chi connectivity index (χ2v) is 5.19. The number of aryl methyl sites for hydroxylation is 1. The van der Waals surface area contributed by atoms with E-state index < -0.39 is 5.97 Å². The van der Waals surface area contributed by atoms with Gasteiger partial charge in [-0.15, -0.1) is 10.2 Å². The van der Waals surface area contributed by atoms with Crippen LogP contribution in [0.3, 0.4) is 0 Å². The molecule has 0 amide bonds. The summed E-state index contributed by atoms with van der Waals surface area (Å²) in [6.45, 7) is 1.14. The van der Waals surface area contributed by atoms with Gasteiger partial charge in [0.25, 0.3) is 0 Å². The van der Waals surface area contributed by atoms with Crippen LogP contribution >= 0.6 is 0 Å². The van der Waals surface area contributed by atoms with Gasteiger partial charge in [0.2, 0.25) is 0 Å². The Kier molecular flexibility index (Phi) is 3.02. The van der Waals surface area contributed by atoms with Gasteiger partial charge in [-0.1, -0.05) is 12.1 Å². The highest BCUT2D eigenvalue weighted by molar-refractivity contribution is 5.87. The minimum absolute atomic E-state index is 0.202. The topological polar surface area (TPSA) is 77.2 Å². The largest absolute Gasteiger partial charge is 0.478 e. The molecule has 1 aliphatic rings. The van der Waals surface area contributed by atoms with E-state index in [4.69, 9.17) is 9.84 Å². The monoisotopic (exact) mass is 273 g/mol. The van der Waals surface area contributed by atoms with Gasteiger partial charge in [-0.2, -0.15) is 0 Å². The van der Waals surface area contributed by atoms with Gasteiger partial charge in [-0.3, -0.25) is 0 Å². The normalized spacial score (nSPS) is 16.6. The Morgan fingerprint density at radius 1 is 1.50 bits per heavy atom. The average molecular weight is 273 g/mol. The molecule has 0 radical (unpaired) electrons. The molecule has 0 aliphatic carbocycles. The molecular weight excluding hydrogens is 258 g/mol. The maximum atomic E-state index is 11.1. The van der Waals surface area contributed by atoms with Gasteiger partial charge in [0.1, 0.15) is 12.2 Å². The van der Waals surface area contributed by atoms with Crippen molar-refractivity contribution in [3.8, 4) is 0 Å². The Morgan fingerprint density at radius 2 is 2.30 bits per heavy atom. The minimum atomic E-state index is -0.916. The number of hydrogen-bond donors (Lipinski definition) is 1. The first-order chi connectivity index (χ1) is 9.61. The summed E-state index contributed by atoms with van der Waals surface area (Å²) >= 11 is 0. The predicted octanol–water partition coefficient (Wildman–Crippen LogP) is 1.02. The van der Waals surface area contributed by atoms with Gasteiger partial charge >= 0.3 is 5.97 Å². The second kappa shape index (κ2) is 4.72. The fraction of sp³-hybridized carbons (Fsp3) is 0.357. The Morgan fingerprint density at radius 3 is 2.85 bits per heavy atom. The van der Waals surface area contributed by atoms with Crippen molar-refractivity contribution in [3.63, 3.8) is 0 Å². The lowest BCUT2D eigenvalue weighted by Crippen LogP contribution is -2.49. The highest BCUT2D eigenvalue weighted by Crippen LogP contribution is 2.35. The van der Waals surface area contributed by atoms with Gasteiger partial charge in [-0.05, 0) is 17.7 Å². The maximum Gasteiger partial charge on any atom is 0.335 e. The van der Waals surface area contributed by atoms with E-state index >= 15 is 0 Å². The molecule has 1 aromatic carbocycles. The first kappa shape index (κ1) is 12.8. The van der Waals surface area contributed by atoms with Crippen LogP contribution in [0.4, 0.5) is 0 Å². The second-order valence-electron chi connectivity index (χ2n) is 5.19. The number of aromatic nitrogens is 3. The van der Waals surface area contributed by atoms with Gasteiger partial charge in [0.05, 0.1) is 18.8 Å². The molecule has 2 heterocycles. The summed E-state index contributed by atoms with van der Waals surface area (Å²) < 4.78 is 7.25. The van der Waals surface area contributed by atoms with Crippen LogP contribution in [0.5, 0.6) is 0 Å². The molecule has 1 N–H and O–H groups in total.